The van der Waals surface area contributed by atoms with Crippen molar-refractivity contribution < 1.29 is 8.42 Å². The van der Waals surface area contributed by atoms with E-state index in [2.05, 4.69) is 5.32 Å². The molecule has 1 N–H and O–H groups in total. The van der Waals surface area contributed by atoms with Gasteiger partial charge in [-0.15, -0.1) is 11.3 Å². The maximum atomic E-state index is 12.3. The van der Waals surface area contributed by atoms with Crippen LogP contribution in [0, 0.1) is 0 Å². The molecular formula is C11H16N2O2S2. The maximum Gasteiger partial charge on any atom is 0.244 e. The molecule has 0 aromatic carbocycles. The van der Waals surface area contributed by atoms with Gasteiger partial charge in [-0.1, -0.05) is 12.2 Å². The van der Waals surface area contributed by atoms with Crippen LogP contribution in [0.25, 0.3) is 0 Å². The molecule has 0 bridgehead atoms. The molecule has 4 nitrogen and oxygen atoms in total. The van der Waals surface area contributed by atoms with Crippen molar-refractivity contribution in [2.75, 3.05) is 20.1 Å². The molecule has 0 saturated carbocycles. The zero-order valence-electron chi connectivity index (χ0n) is 9.72. The molecule has 1 aliphatic heterocycles. The first-order valence-electron chi connectivity index (χ1n) is 5.52. The predicted octanol–water partition coefficient (Wildman–Crippen LogP) is 1.42. The Morgan fingerprint density at radius 3 is 2.94 bits per heavy atom. The zero-order chi connectivity index (χ0) is 12.3. The van der Waals surface area contributed by atoms with Crippen molar-refractivity contribution in [1.29, 1.82) is 0 Å². The van der Waals surface area contributed by atoms with E-state index in [1.807, 2.05) is 19.2 Å². The van der Waals surface area contributed by atoms with Crippen molar-refractivity contribution in [2.45, 2.75) is 17.9 Å². The standard InChI is InChI=1S/C11H16N2O2S2/c1-12-8-10-7-11(9-16-10)17(14,15)13-5-3-2-4-6-13/h2-3,7,9,12H,4-6,8H2,1H3. The van der Waals surface area contributed by atoms with Crippen LogP contribution < -0.4 is 5.32 Å². The monoisotopic (exact) mass is 272 g/mol. The summed E-state index contributed by atoms with van der Waals surface area (Å²) in [6.07, 6.45) is 4.72. The SMILES string of the molecule is CNCc1cc(S(=O)(=O)N2CC=CCC2)cs1. The average molecular weight is 272 g/mol. The van der Waals surface area contributed by atoms with Crippen LogP contribution >= 0.6 is 11.3 Å². The van der Waals surface area contributed by atoms with E-state index in [0.29, 0.717) is 24.5 Å². The van der Waals surface area contributed by atoms with Gasteiger partial charge in [0.15, 0.2) is 0 Å². The summed E-state index contributed by atoms with van der Waals surface area (Å²) >= 11 is 1.48. The van der Waals surface area contributed by atoms with Gasteiger partial charge in [0.2, 0.25) is 10.0 Å². The fourth-order valence-corrected chi connectivity index (χ4v) is 4.43. The Hall–Kier alpha value is -0.690. The Morgan fingerprint density at radius 1 is 1.47 bits per heavy atom. The highest BCUT2D eigenvalue weighted by atomic mass is 32.2. The van der Waals surface area contributed by atoms with Gasteiger partial charge in [0.25, 0.3) is 0 Å². The number of hydrogen-bond donors (Lipinski definition) is 1. The number of hydrogen-bond acceptors (Lipinski definition) is 4. The fourth-order valence-electron chi connectivity index (χ4n) is 1.75. The van der Waals surface area contributed by atoms with E-state index in [0.717, 1.165) is 11.3 Å². The van der Waals surface area contributed by atoms with E-state index >= 15 is 0 Å². The number of thiophene rings is 1. The lowest BCUT2D eigenvalue weighted by molar-refractivity contribution is 0.438. The quantitative estimate of drug-likeness (QED) is 0.843. The van der Waals surface area contributed by atoms with Crippen molar-refractivity contribution >= 4 is 21.4 Å². The third kappa shape index (κ3) is 2.77. The Balaban J connectivity index is 2.21. The second kappa shape index (κ2) is 5.30. The summed E-state index contributed by atoms with van der Waals surface area (Å²) in [5.74, 6) is 0. The van der Waals surface area contributed by atoms with Gasteiger partial charge >= 0.3 is 0 Å². The van der Waals surface area contributed by atoms with Crippen LogP contribution in [0.4, 0.5) is 0 Å². The molecule has 0 spiro atoms. The van der Waals surface area contributed by atoms with E-state index in [1.54, 1.807) is 11.4 Å². The summed E-state index contributed by atoms with van der Waals surface area (Å²) < 4.78 is 26.1. The second-order valence-corrected chi connectivity index (χ2v) is 6.84. The topological polar surface area (TPSA) is 49.4 Å². The molecule has 6 heteroatoms. The molecule has 0 fully saturated rings. The molecule has 0 saturated heterocycles. The molecule has 0 amide bonds. The van der Waals surface area contributed by atoms with Crippen molar-refractivity contribution in [3.63, 3.8) is 0 Å². The molecule has 94 valence electrons. The summed E-state index contributed by atoms with van der Waals surface area (Å²) in [5, 5.41) is 4.74. The molecule has 0 aliphatic carbocycles. The van der Waals surface area contributed by atoms with Gasteiger partial charge in [0.1, 0.15) is 0 Å². The lowest BCUT2D eigenvalue weighted by Crippen LogP contribution is -2.33. The van der Waals surface area contributed by atoms with Gasteiger partial charge in [0.05, 0.1) is 4.90 Å². The summed E-state index contributed by atoms with van der Waals surface area (Å²) in [7, 11) is -1.44. The molecule has 0 radical (unpaired) electrons. The predicted molar refractivity (Wildman–Crippen MR) is 69.6 cm³/mol. The van der Waals surface area contributed by atoms with Gasteiger partial charge in [-0.25, -0.2) is 8.42 Å². The molecule has 1 aromatic heterocycles. The molecule has 2 rings (SSSR count). The van der Waals surface area contributed by atoms with Crippen LogP contribution in [-0.4, -0.2) is 32.9 Å². The highest BCUT2D eigenvalue weighted by Gasteiger charge is 2.25. The minimum Gasteiger partial charge on any atom is -0.315 e. The first kappa shape index (κ1) is 12.8. The van der Waals surface area contributed by atoms with Gasteiger partial charge < -0.3 is 5.32 Å². The second-order valence-electron chi connectivity index (χ2n) is 3.90. The molecule has 17 heavy (non-hydrogen) atoms. The van der Waals surface area contributed by atoms with Crippen molar-refractivity contribution in [3.8, 4) is 0 Å². The number of sulfonamides is 1. The molecule has 0 atom stereocenters. The van der Waals surface area contributed by atoms with Crippen LogP contribution in [0.15, 0.2) is 28.5 Å². The Kier molecular flexibility index (Phi) is 3.98. The maximum absolute atomic E-state index is 12.3. The summed E-state index contributed by atoms with van der Waals surface area (Å²) in [5.41, 5.74) is 0. The third-order valence-electron chi connectivity index (χ3n) is 2.64. The smallest absolute Gasteiger partial charge is 0.244 e. The van der Waals surface area contributed by atoms with Crippen LogP contribution in [0.3, 0.4) is 0 Å². The molecule has 2 heterocycles. The van der Waals surface area contributed by atoms with Crippen LogP contribution in [0.5, 0.6) is 0 Å². The van der Waals surface area contributed by atoms with Crippen molar-refractivity contribution in [3.05, 3.63) is 28.5 Å². The Morgan fingerprint density at radius 2 is 2.29 bits per heavy atom. The highest BCUT2D eigenvalue weighted by molar-refractivity contribution is 7.89. The van der Waals surface area contributed by atoms with E-state index in [-0.39, 0.29) is 0 Å². The molecule has 1 aliphatic rings. The Labute approximate surface area is 106 Å². The normalized spacial score (nSPS) is 17.5. The van der Waals surface area contributed by atoms with Crippen molar-refractivity contribution in [2.24, 2.45) is 0 Å². The average Bonchev–Trinajstić information content (AvgIpc) is 2.80. The first-order valence-corrected chi connectivity index (χ1v) is 7.83. The summed E-state index contributed by atoms with van der Waals surface area (Å²) in [6.45, 7) is 1.77. The zero-order valence-corrected chi connectivity index (χ0v) is 11.4. The fraction of sp³-hybridized carbons (Fsp3) is 0.455. The van der Waals surface area contributed by atoms with Crippen LogP contribution in [0.1, 0.15) is 11.3 Å². The molecule has 0 unspecified atom stereocenters. The highest BCUT2D eigenvalue weighted by Crippen LogP contribution is 2.23. The largest absolute Gasteiger partial charge is 0.315 e. The Bertz CT molecular complexity index is 505. The van der Waals surface area contributed by atoms with Crippen LogP contribution in [-0.2, 0) is 16.6 Å². The lowest BCUT2D eigenvalue weighted by atomic mass is 10.3. The number of rotatable bonds is 4. The van der Waals surface area contributed by atoms with E-state index in [9.17, 15) is 8.42 Å². The van der Waals surface area contributed by atoms with Gasteiger partial charge in [-0.2, -0.15) is 4.31 Å². The number of nitrogens with one attached hydrogen (secondary N) is 1. The molecular weight excluding hydrogens is 256 g/mol. The molecule has 1 aromatic rings. The van der Waals surface area contributed by atoms with Gasteiger partial charge in [-0.05, 0) is 19.5 Å². The lowest BCUT2D eigenvalue weighted by Gasteiger charge is -2.21. The number of nitrogens with zero attached hydrogens (tertiary/aromatic N) is 1. The van der Waals surface area contributed by atoms with E-state index < -0.39 is 10.0 Å². The van der Waals surface area contributed by atoms with E-state index in [1.165, 1.54) is 15.6 Å². The minimum absolute atomic E-state index is 0.419. The summed E-state index contributed by atoms with van der Waals surface area (Å²) in [4.78, 5) is 1.46. The van der Waals surface area contributed by atoms with Crippen molar-refractivity contribution in [1.82, 2.24) is 9.62 Å². The van der Waals surface area contributed by atoms with Crippen LogP contribution in [0.2, 0.25) is 0 Å². The van der Waals surface area contributed by atoms with Gasteiger partial charge in [-0.3, -0.25) is 0 Å². The summed E-state index contributed by atoms with van der Waals surface area (Å²) in [6, 6.07) is 1.76. The first-order chi connectivity index (χ1) is 8.14. The minimum atomic E-state index is -3.29. The van der Waals surface area contributed by atoms with E-state index in [4.69, 9.17) is 0 Å². The van der Waals surface area contributed by atoms with Gasteiger partial charge in [0, 0.05) is 29.9 Å². The third-order valence-corrected chi connectivity index (χ3v) is 5.57.